The average molecular weight is 339 g/mol. The molecule has 2 rings (SSSR count). The minimum absolute atomic E-state index is 0.102. The fraction of sp³-hybridized carbons (Fsp3) is 0.467. The SMILES string of the molecule is CC(=O)N(C)CC(=O)NC1(c2cccc(Br)c2)CCC1. The number of hydrogen-bond donors (Lipinski definition) is 1. The third-order valence-corrected chi connectivity index (χ3v) is 4.37. The van der Waals surface area contributed by atoms with Crippen molar-refractivity contribution in [3.63, 3.8) is 0 Å². The van der Waals surface area contributed by atoms with Crippen molar-refractivity contribution in [1.82, 2.24) is 10.2 Å². The molecular formula is C15H19BrN2O2. The Balaban J connectivity index is 2.09. The highest BCUT2D eigenvalue weighted by molar-refractivity contribution is 9.10. The number of rotatable bonds is 4. The van der Waals surface area contributed by atoms with Crippen LogP contribution in [0.4, 0.5) is 0 Å². The molecular weight excluding hydrogens is 320 g/mol. The molecule has 108 valence electrons. The van der Waals surface area contributed by atoms with Crippen LogP contribution in [-0.2, 0) is 15.1 Å². The smallest absolute Gasteiger partial charge is 0.240 e. The molecule has 1 aliphatic rings. The predicted octanol–water partition coefficient (Wildman–Crippen LogP) is 2.42. The Morgan fingerprint density at radius 3 is 2.60 bits per heavy atom. The fourth-order valence-electron chi connectivity index (χ4n) is 2.44. The van der Waals surface area contributed by atoms with Crippen molar-refractivity contribution in [3.8, 4) is 0 Å². The lowest BCUT2D eigenvalue weighted by atomic mass is 9.72. The summed E-state index contributed by atoms with van der Waals surface area (Å²) >= 11 is 3.47. The molecule has 4 nitrogen and oxygen atoms in total. The molecule has 0 aliphatic heterocycles. The van der Waals surface area contributed by atoms with Gasteiger partial charge >= 0.3 is 0 Å². The minimum atomic E-state index is -0.265. The maximum absolute atomic E-state index is 12.1. The summed E-state index contributed by atoms with van der Waals surface area (Å²) in [6.07, 6.45) is 2.99. The Kier molecular flexibility index (Phi) is 4.48. The third kappa shape index (κ3) is 3.20. The second kappa shape index (κ2) is 5.95. The first-order valence-corrected chi connectivity index (χ1v) is 7.51. The van der Waals surface area contributed by atoms with Crippen LogP contribution in [0, 0.1) is 0 Å². The van der Waals surface area contributed by atoms with Gasteiger partial charge in [0.05, 0.1) is 12.1 Å². The van der Waals surface area contributed by atoms with E-state index in [0.717, 1.165) is 29.3 Å². The van der Waals surface area contributed by atoms with Crippen LogP contribution < -0.4 is 5.32 Å². The molecule has 5 heteroatoms. The van der Waals surface area contributed by atoms with Gasteiger partial charge in [0.25, 0.3) is 0 Å². The van der Waals surface area contributed by atoms with Crippen molar-refractivity contribution in [1.29, 1.82) is 0 Å². The van der Waals surface area contributed by atoms with Gasteiger partial charge in [0.1, 0.15) is 0 Å². The Morgan fingerprint density at radius 1 is 1.40 bits per heavy atom. The summed E-state index contributed by atoms with van der Waals surface area (Å²) in [6, 6.07) is 8.04. The van der Waals surface area contributed by atoms with Crippen LogP contribution in [0.15, 0.2) is 28.7 Å². The van der Waals surface area contributed by atoms with Crippen molar-refractivity contribution >= 4 is 27.7 Å². The normalized spacial score (nSPS) is 16.1. The molecule has 1 aromatic rings. The zero-order chi connectivity index (χ0) is 14.8. The first kappa shape index (κ1) is 15.0. The maximum Gasteiger partial charge on any atom is 0.240 e. The van der Waals surface area contributed by atoms with Gasteiger partial charge in [0.2, 0.25) is 11.8 Å². The Bertz CT molecular complexity index is 526. The number of carbonyl (C=O) groups excluding carboxylic acids is 2. The van der Waals surface area contributed by atoms with Gasteiger partial charge in [-0.15, -0.1) is 0 Å². The maximum atomic E-state index is 12.1. The van der Waals surface area contributed by atoms with Crippen LogP contribution in [0.5, 0.6) is 0 Å². The van der Waals surface area contributed by atoms with Gasteiger partial charge in [-0.25, -0.2) is 0 Å². The molecule has 20 heavy (non-hydrogen) atoms. The summed E-state index contributed by atoms with van der Waals surface area (Å²) in [6.45, 7) is 1.56. The van der Waals surface area contributed by atoms with Crippen LogP contribution in [0.3, 0.4) is 0 Å². The highest BCUT2D eigenvalue weighted by atomic mass is 79.9. The van der Waals surface area contributed by atoms with Crippen molar-refractivity contribution in [2.45, 2.75) is 31.7 Å². The molecule has 1 N–H and O–H groups in total. The number of halogens is 1. The lowest BCUT2D eigenvalue weighted by Gasteiger charge is -2.43. The molecule has 0 heterocycles. The lowest BCUT2D eigenvalue weighted by Crippen LogP contribution is -2.53. The number of likely N-dealkylation sites (N-methyl/N-ethyl adjacent to an activating group) is 1. The molecule has 0 aromatic heterocycles. The van der Waals surface area contributed by atoms with Gasteiger partial charge in [-0.2, -0.15) is 0 Å². The number of hydrogen-bond acceptors (Lipinski definition) is 2. The predicted molar refractivity (Wildman–Crippen MR) is 81.1 cm³/mol. The molecule has 0 bridgehead atoms. The van der Waals surface area contributed by atoms with Crippen LogP contribution in [0.2, 0.25) is 0 Å². The Morgan fingerprint density at radius 2 is 2.10 bits per heavy atom. The molecule has 0 radical (unpaired) electrons. The molecule has 1 aromatic carbocycles. The van der Waals surface area contributed by atoms with Gasteiger partial charge in [-0.3, -0.25) is 9.59 Å². The minimum Gasteiger partial charge on any atom is -0.345 e. The number of amides is 2. The highest BCUT2D eigenvalue weighted by Crippen LogP contribution is 2.41. The highest BCUT2D eigenvalue weighted by Gasteiger charge is 2.40. The second-order valence-corrected chi connectivity index (χ2v) is 6.28. The Hall–Kier alpha value is -1.36. The number of carbonyl (C=O) groups is 2. The molecule has 1 fully saturated rings. The van der Waals surface area contributed by atoms with Gasteiger partial charge in [-0.1, -0.05) is 28.1 Å². The first-order valence-electron chi connectivity index (χ1n) is 6.72. The largest absolute Gasteiger partial charge is 0.345 e. The molecule has 2 amide bonds. The Labute approximate surface area is 127 Å². The molecule has 1 saturated carbocycles. The molecule has 0 spiro atoms. The van der Waals surface area contributed by atoms with Gasteiger partial charge < -0.3 is 10.2 Å². The van der Waals surface area contributed by atoms with Crippen molar-refractivity contribution in [2.75, 3.05) is 13.6 Å². The summed E-state index contributed by atoms with van der Waals surface area (Å²) in [5, 5.41) is 3.11. The topological polar surface area (TPSA) is 49.4 Å². The van der Waals surface area contributed by atoms with Crippen LogP contribution in [-0.4, -0.2) is 30.3 Å². The van der Waals surface area contributed by atoms with Crippen molar-refractivity contribution in [2.24, 2.45) is 0 Å². The monoisotopic (exact) mass is 338 g/mol. The zero-order valence-corrected chi connectivity index (χ0v) is 13.4. The quantitative estimate of drug-likeness (QED) is 0.916. The van der Waals surface area contributed by atoms with E-state index in [1.165, 1.54) is 11.8 Å². The average Bonchev–Trinajstić information content (AvgIpc) is 2.33. The first-order chi connectivity index (χ1) is 9.43. The van der Waals surface area contributed by atoms with Crippen molar-refractivity contribution in [3.05, 3.63) is 34.3 Å². The summed E-state index contributed by atoms with van der Waals surface area (Å²) in [7, 11) is 1.63. The van der Waals surface area contributed by atoms with Gasteiger partial charge in [0.15, 0.2) is 0 Å². The molecule has 0 atom stereocenters. The van der Waals surface area contributed by atoms with E-state index in [4.69, 9.17) is 0 Å². The number of benzene rings is 1. The van der Waals surface area contributed by atoms with Gasteiger partial charge in [-0.05, 0) is 37.0 Å². The number of nitrogens with zero attached hydrogens (tertiary/aromatic N) is 1. The third-order valence-electron chi connectivity index (χ3n) is 3.88. The molecule has 0 saturated heterocycles. The van der Waals surface area contributed by atoms with E-state index in [-0.39, 0.29) is 23.9 Å². The van der Waals surface area contributed by atoms with E-state index < -0.39 is 0 Å². The molecule has 1 aliphatic carbocycles. The van der Waals surface area contributed by atoms with E-state index in [0.29, 0.717) is 0 Å². The van der Waals surface area contributed by atoms with E-state index >= 15 is 0 Å². The van der Waals surface area contributed by atoms with Crippen molar-refractivity contribution < 1.29 is 9.59 Å². The van der Waals surface area contributed by atoms with Crippen LogP contribution in [0.25, 0.3) is 0 Å². The van der Waals surface area contributed by atoms with Gasteiger partial charge in [0, 0.05) is 18.4 Å². The van der Waals surface area contributed by atoms with Crippen LogP contribution in [0.1, 0.15) is 31.7 Å². The summed E-state index contributed by atoms with van der Waals surface area (Å²) < 4.78 is 1.01. The summed E-state index contributed by atoms with van der Waals surface area (Å²) in [4.78, 5) is 24.7. The standard InChI is InChI=1S/C15H19BrN2O2/c1-11(19)18(2)10-14(20)17-15(7-4-8-15)12-5-3-6-13(16)9-12/h3,5-6,9H,4,7-8,10H2,1-2H3,(H,17,20). The van der Waals surface area contributed by atoms with E-state index in [1.54, 1.807) is 7.05 Å². The molecule has 0 unspecified atom stereocenters. The fourth-order valence-corrected chi connectivity index (χ4v) is 2.83. The lowest BCUT2D eigenvalue weighted by molar-refractivity contribution is -0.134. The van der Waals surface area contributed by atoms with E-state index in [2.05, 4.69) is 21.2 Å². The summed E-state index contributed by atoms with van der Waals surface area (Å²) in [5.74, 6) is -0.215. The van der Waals surface area contributed by atoms with E-state index in [9.17, 15) is 9.59 Å². The second-order valence-electron chi connectivity index (χ2n) is 5.37. The zero-order valence-electron chi connectivity index (χ0n) is 11.8. The van der Waals surface area contributed by atoms with Crippen LogP contribution >= 0.6 is 15.9 Å². The summed E-state index contributed by atoms with van der Waals surface area (Å²) in [5.41, 5.74) is 0.857. The van der Waals surface area contributed by atoms with E-state index in [1.807, 2.05) is 24.3 Å². The number of nitrogens with one attached hydrogen (secondary N) is 1.